The fourth-order valence-corrected chi connectivity index (χ4v) is 1.18. The number of alkyl halides is 2. The summed E-state index contributed by atoms with van der Waals surface area (Å²) in [5.41, 5.74) is 1.53. The van der Waals surface area contributed by atoms with E-state index in [1.54, 1.807) is 12.1 Å². The minimum Gasteiger partial charge on any atom is -0.220 e. The van der Waals surface area contributed by atoms with E-state index in [1.807, 2.05) is 0 Å². The summed E-state index contributed by atoms with van der Waals surface area (Å²) in [5, 5.41) is 0. The molecule has 0 aliphatic rings. The van der Waals surface area contributed by atoms with E-state index in [0.717, 1.165) is 6.42 Å². The molecular formula is C13H14F2Ru. The summed E-state index contributed by atoms with van der Waals surface area (Å²) in [6.45, 7) is 2.16. The molecular weight excluding hydrogens is 295 g/mol. The van der Waals surface area contributed by atoms with Crippen LogP contribution in [0, 0.1) is 0 Å². The fraction of sp³-hybridized carbons (Fsp3) is 0.231. The monoisotopic (exact) mass is 310 g/mol. The average Bonchev–Trinajstić information content (AvgIpc) is 2.92. The van der Waals surface area contributed by atoms with Crippen molar-refractivity contribution in [2.45, 2.75) is 19.8 Å². The molecule has 2 aromatic carbocycles. The zero-order valence-corrected chi connectivity index (χ0v) is 10.8. The van der Waals surface area contributed by atoms with Crippen molar-refractivity contribution >= 4 is 0 Å². The Labute approximate surface area is 108 Å². The van der Waals surface area contributed by atoms with E-state index in [0.29, 0.717) is 0 Å². The second kappa shape index (κ2) is 8.35. The SMILES string of the molecule is CCc1cc[cH-]c1.FC(F)c1cc[cH-]c1.[Ru+2]. The maximum Gasteiger partial charge on any atom is 2.00 e. The zero-order chi connectivity index (χ0) is 11.1. The van der Waals surface area contributed by atoms with Crippen molar-refractivity contribution in [2.24, 2.45) is 0 Å². The first-order valence-electron chi connectivity index (χ1n) is 4.94. The molecule has 2 aromatic rings. The summed E-state index contributed by atoms with van der Waals surface area (Å²) < 4.78 is 23.2. The molecule has 0 atom stereocenters. The number of hydrogen-bond donors (Lipinski definition) is 0. The molecule has 0 fully saturated rings. The molecule has 0 unspecified atom stereocenters. The molecule has 88 valence electrons. The predicted molar refractivity (Wildman–Crippen MR) is 58.4 cm³/mol. The third-order valence-corrected chi connectivity index (χ3v) is 2.08. The molecule has 0 saturated heterocycles. The van der Waals surface area contributed by atoms with Gasteiger partial charge in [-0.2, -0.15) is 42.0 Å². The zero-order valence-electron chi connectivity index (χ0n) is 9.01. The standard InChI is InChI=1S/C7H9.C6H5F2.Ru/c1-2-7-5-3-4-6-7;7-6(8)5-3-1-2-4-5;/h3-6H,2H2,1H3;1-4,6H;/q2*-1;+2. The Bertz CT molecular complexity index is 336. The number of halogens is 2. The molecule has 0 nitrogen and oxygen atoms in total. The third kappa shape index (κ3) is 5.32. The van der Waals surface area contributed by atoms with Crippen molar-refractivity contribution in [1.29, 1.82) is 0 Å². The predicted octanol–water partition coefficient (Wildman–Crippen LogP) is 4.31. The van der Waals surface area contributed by atoms with Gasteiger partial charge in [0.15, 0.2) is 0 Å². The molecule has 0 saturated carbocycles. The average molecular weight is 309 g/mol. The molecule has 0 spiro atoms. The largest absolute Gasteiger partial charge is 2.00 e. The number of rotatable bonds is 2. The molecule has 0 heterocycles. The first-order chi connectivity index (χ1) is 7.24. The van der Waals surface area contributed by atoms with E-state index < -0.39 is 6.43 Å². The molecule has 2 rings (SSSR count). The summed E-state index contributed by atoms with van der Waals surface area (Å²) in [6, 6.07) is 14.4. The van der Waals surface area contributed by atoms with Gasteiger partial charge in [0.1, 0.15) is 0 Å². The Morgan fingerprint density at radius 3 is 2.00 bits per heavy atom. The van der Waals surface area contributed by atoms with E-state index in [-0.39, 0.29) is 25.0 Å². The van der Waals surface area contributed by atoms with Crippen LogP contribution in [-0.2, 0) is 25.9 Å². The van der Waals surface area contributed by atoms with E-state index in [2.05, 4.69) is 31.2 Å². The Morgan fingerprint density at radius 2 is 1.75 bits per heavy atom. The molecule has 0 aliphatic heterocycles. The molecule has 0 bridgehead atoms. The van der Waals surface area contributed by atoms with Gasteiger partial charge in [0, 0.05) is 0 Å². The number of hydrogen-bond acceptors (Lipinski definition) is 0. The van der Waals surface area contributed by atoms with Gasteiger partial charge < -0.3 is 0 Å². The van der Waals surface area contributed by atoms with Crippen LogP contribution in [0.4, 0.5) is 8.78 Å². The van der Waals surface area contributed by atoms with Crippen molar-refractivity contribution in [2.75, 3.05) is 0 Å². The van der Waals surface area contributed by atoms with Gasteiger partial charge in [0.2, 0.25) is 6.43 Å². The van der Waals surface area contributed by atoms with Crippen LogP contribution in [0.2, 0.25) is 0 Å². The molecule has 0 N–H and O–H groups in total. The first kappa shape index (κ1) is 15.2. The van der Waals surface area contributed by atoms with Crippen molar-refractivity contribution in [1.82, 2.24) is 0 Å². The van der Waals surface area contributed by atoms with Crippen LogP contribution in [0.3, 0.4) is 0 Å². The van der Waals surface area contributed by atoms with E-state index in [1.165, 1.54) is 17.7 Å². The van der Waals surface area contributed by atoms with E-state index in [9.17, 15) is 8.78 Å². The van der Waals surface area contributed by atoms with E-state index >= 15 is 0 Å². The van der Waals surface area contributed by atoms with Gasteiger partial charge >= 0.3 is 19.5 Å². The molecule has 0 aromatic heterocycles. The second-order valence-electron chi connectivity index (χ2n) is 3.17. The van der Waals surface area contributed by atoms with Crippen LogP contribution < -0.4 is 0 Å². The Balaban J connectivity index is 0.000000267. The van der Waals surface area contributed by atoms with Gasteiger partial charge in [-0.25, -0.2) is 20.9 Å². The van der Waals surface area contributed by atoms with Gasteiger partial charge in [0.25, 0.3) is 0 Å². The van der Waals surface area contributed by atoms with Crippen LogP contribution in [0.25, 0.3) is 0 Å². The first-order valence-corrected chi connectivity index (χ1v) is 4.94. The second-order valence-corrected chi connectivity index (χ2v) is 3.17. The Morgan fingerprint density at radius 1 is 1.12 bits per heavy atom. The van der Waals surface area contributed by atoms with Crippen LogP contribution in [-0.4, -0.2) is 0 Å². The van der Waals surface area contributed by atoms with Crippen LogP contribution in [0.15, 0.2) is 48.5 Å². The quantitative estimate of drug-likeness (QED) is 0.573. The minimum absolute atomic E-state index is 0. The number of aryl methyl sites for hydroxylation is 1. The molecule has 16 heavy (non-hydrogen) atoms. The molecule has 0 radical (unpaired) electrons. The Hall–Kier alpha value is -0.817. The molecule has 3 heteroatoms. The summed E-state index contributed by atoms with van der Waals surface area (Å²) in [6.07, 6.45) is -1.16. The summed E-state index contributed by atoms with van der Waals surface area (Å²) in [7, 11) is 0. The molecule has 0 amide bonds. The van der Waals surface area contributed by atoms with Crippen molar-refractivity contribution in [3.8, 4) is 0 Å². The van der Waals surface area contributed by atoms with Crippen LogP contribution in [0.5, 0.6) is 0 Å². The maximum absolute atomic E-state index is 11.6. The minimum atomic E-state index is -2.31. The van der Waals surface area contributed by atoms with Crippen molar-refractivity contribution in [3.63, 3.8) is 0 Å². The summed E-state index contributed by atoms with van der Waals surface area (Å²) in [5.74, 6) is 0. The topological polar surface area (TPSA) is 0 Å². The normalized spacial score (nSPS) is 9.25. The van der Waals surface area contributed by atoms with Gasteiger partial charge in [-0.3, -0.25) is 0 Å². The smallest absolute Gasteiger partial charge is 0.220 e. The van der Waals surface area contributed by atoms with Crippen LogP contribution >= 0.6 is 0 Å². The fourth-order valence-electron chi connectivity index (χ4n) is 1.18. The maximum atomic E-state index is 11.6. The third-order valence-electron chi connectivity index (χ3n) is 2.08. The van der Waals surface area contributed by atoms with Crippen LogP contribution in [0.1, 0.15) is 24.5 Å². The van der Waals surface area contributed by atoms with Gasteiger partial charge in [0.05, 0.1) is 0 Å². The summed E-state index contributed by atoms with van der Waals surface area (Å²) >= 11 is 0. The molecule has 0 aliphatic carbocycles. The van der Waals surface area contributed by atoms with Gasteiger partial charge in [-0.1, -0.05) is 13.3 Å². The Kier molecular flexibility index (Phi) is 7.92. The van der Waals surface area contributed by atoms with Crippen molar-refractivity contribution in [3.05, 3.63) is 59.7 Å². The summed E-state index contributed by atoms with van der Waals surface area (Å²) in [4.78, 5) is 0. The van der Waals surface area contributed by atoms with Gasteiger partial charge in [-0.15, -0.1) is 5.56 Å². The van der Waals surface area contributed by atoms with Crippen molar-refractivity contribution < 1.29 is 28.3 Å². The van der Waals surface area contributed by atoms with Gasteiger partial charge in [-0.05, 0) is 0 Å². The van der Waals surface area contributed by atoms with E-state index in [4.69, 9.17) is 0 Å².